The summed E-state index contributed by atoms with van der Waals surface area (Å²) in [6.45, 7) is 6.23. The van der Waals surface area contributed by atoms with Gasteiger partial charge in [0.15, 0.2) is 0 Å². The number of hydrogen-bond donors (Lipinski definition) is 2. The van der Waals surface area contributed by atoms with Crippen LogP contribution in [0, 0.1) is 0 Å². The predicted molar refractivity (Wildman–Crippen MR) is 94.6 cm³/mol. The summed E-state index contributed by atoms with van der Waals surface area (Å²) in [6, 6.07) is 14.4. The van der Waals surface area contributed by atoms with Crippen LogP contribution in [0.1, 0.15) is 25.0 Å². The van der Waals surface area contributed by atoms with Gasteiger partial charge in [-0.25, -0.2) is 0 Å². The summed E-state index contributed by atoms with van der Waals surface area (Å²) in [6.07, 6.45) is 0. The first-order valence-corrected chi connectivity index (χ1v) is 6.67. The molecule has 0 spiro atoms. The van der Waals surface area contributed by atoms with Crippen LogP contribution in [0.4, 0.5) is 0 Å². The van der Waals surface area contributed by atoms with Gasteiger partial charge in [-0.05, 0) is 35.4 Å². The molecule has 1 saturated heterocycles. The Balaban J connectivity index is 0.000000490. The number of phenolic OH excluding ortho intramolecular Hbond substituents is 2. The molecule has 0 saturated carbocycles. The summed E-state index contributed by atoms with van der Waals surface area (Å²) in [7, 11) is 0. The van der Waals surface area contributed by atoms with E-state index in [0.29, 0.717) is 0 Å². The first-order chi connectivity index (χ1) is 9.50. The van der Waals surface area contributed by atoms with Crippen molar-refractivity contribution in [3.63, 3.8) is 0 Å². The van der Waals surface area contributed by atoms with E-state index in [1.54, 1.807) is 24.3 Å². The Hall–Kier alpha value is -1.27. The van der Waals surface area contributed by atoms with Gasteiger partial charge in [-0.1, -0.05) is 38.1 Å². The van der Waals surface area contributed by atoms with Crippen LogP contribution >= 0.6 is 24.0 Å². The second-order valence-corrected chi connectivity index (χ2v) is 5.33. The lowest BCUT2D eigenvalue weighted by molar-refractivity contribution is 0.474. The molecule has 1 fully saturated rings. The highest BCUT2D eigenvalue weighted by Crippen LogP contribution is 2.32. The molecule has 0 unspecified atom stereocenters. The van der Waals surface area contributed by atoms with E-state index in [-0.39, 0.29) is 40.9 Å². The number of benzene rings is 2. The Morgan fingerprint density at radius 3 is 1.29 bits per heavy atom. The third-order valence-corrected chi connectivity index (χ3v) is 3.38. The molecule has 2 N–H and O–H groups in total. The van der Waals surface area contributed by atoms with Crippen molar-refractivity contribution in [2.75, 3.05) is 13.2 Å². The molecule has 0 atom stereocenters. The van der Waals surface area contributed by atoms with Gasteiger partial charge in [0.25, 0.3) is 0 Å². The van der Waals surface area contributed by atoms with E-state index in [2.05, 4.69) is 18.6 Å². The van der Waals surface area contributed by atoms with E-state index >= 15 is 0 Å². The molecule has 4 heteroatoms. The Labute approximate surface area is 142 Å². The van der Waals surface area contributed by atoms with Crippen LogP contribution in [0.15, 0.2) is 48.5 Å². The number of hydrogen-bond acceptors (Lipinski definition) is 3. The molecular formula is C17H21IO3. The van der Waals surface area contributed by atoms with Gasteiger partial charge < -0.3 is 14.9 Å². The van der Waals surface area contributed by atoms with Gasteiger partial charge in [0, 0.05) is 5.41 Å². The highest BCUT2D eigenvalue weighted by atomic mass is 127. The van der Waals surface area contributed by atoms with Gasteiger partial charge in [-0.2, -0.15) is 0 Å². The molecule has 21 heavy (non-hydrogen) atoms. The number of epoxide rings is 1. The topological polar surface area (TPSA) is 53.0 Å². The molecule has 1 aliphatic rings. The Kier molecular flexibility index (Phi) is 6.48. The van der Waals surface area contributed by atoms with Crippen molar-refractivity contribution < 1.29 is 14.9 Å². The number of halogens is 1. The normalized spacial score (nSPS) is 12.7. The fourth-order valence-electron chi connectivity index (χ4n) is 1.92. The predicted octanol–water partition coefficient (Wildman–Crippen LogP) is 4.06. The zero-order valence-electron chi connectivity index (χ0n) is 12.2. The molecule has 3 rings (SSSR count). The summed E-state index contributed by atoms with van der Waals surface area (Å²) in [5.41, 5.74) is 2.10. The van der Waals surface area contributed by atoms with Crippen molar-refractivity contribution in [2.24, 2.45) is 0 Å². The lowest BCUT2D eigenvalue weighted by Gasteiger charge is -2.26. The van der Waals surface area contributed by atoms with E-state index < -0.39 is 0 Å². The van der Waals surface area contributed by atoms with Gasteiger partial charge >= 0.3 is 0 Å². The number of rotatable bonds is 2. The summed E-state index contributed by atoms with van der Waals surface area (Å²) < 4.78 is 4.50. The van der Waals surface area contributed by atoms with Crippen molar-refractivity contribution in [3.8, 4) is 11.5 Å². The van der Waals surface area contributed by atoms with Gasteiger partial charge in [0.2, 0.25) is 0 Å². The molecule has 0 aliphatic carbocycles. The average Bonchev–Trinajstić information content (AvgIpc) is 3.28. The van der Waals surface area contributed by atoms with Crippen LogP contribution in [0.3, 0.4) is 0 Å². The highest BCUT2D eigenvalue weighted by Gasteiger charge is 2.22. The fraction of sp³-hybridized carbons (Fsp3) is 0.294. The van der Waals surface area contributed by atoms with E-state index in [9.17, 15) is 10.2 Å². The SMILES string of the molecule is C1CO1.CC(C)(c1ccc(O)cc1)c1ccc(O)cc1.I. The summed E-state index contributed by atoms with van der Waals surface area (Å²) in [5.74, 6) is 0.547. The smallest absolute Gasteiger partial charge is 0.115 e. The molecule has 2 aromatic rings. The maximum atomic E-state index is 9.30. The average molecular weight is 400 g/mol. The highest BCUT2D eigenvalue weighted by molar-refractivity contribution is 14.0. The molecule has 0 bridgehead atoms. The second kappa shape index (κ2) is 7.66. The zero-order chi connectivity index (χ0) is 14.6. The molecular weight excluding hydrogens is 379 g/mol. The molecule has 0 radical (unpaired) electrons. The summed E-state index contributed by atoms with van der Waals surface area (Å²) in [4.78, 5) is 0. The molecule has 1 aliphatic heterocycles. The van der Waals surface area contributed by atoms with E-state index in [0.717, 1.165) is 24.3 Å². The van der Waals surface area contributed by atoms with Crippen molar-refractivity contribution in [2.45, 2.75) is 19.3 Å². The Bertz CT molecular complexity index is 495. The minimum Gasteiger partial charge on any atom is -0.508 e. The summed E-state index contributed by atoms with van der Waals surface area (Å²) >= 11 is 0. The Morgan fingerprint density at radius 2 is 1.05 bits per heavy atom. The largest absolute Gasteiger partial charge is 0.508 e. The van der Waals surface area contributed by atoms with Crippen LogP contribution in [0.25, 0.3) is 0 Å². The van der Waals surface area contributed by atoms with E-state index in [1.165, 1.54) is 0 Å². The third kappa shape index (κ3) is 5.21. The first kappa shape index (κ1) is 17.8. The lowest BCUT2D eigenvalue weighted by atomic mass is 9.78. The van der Waals surface area contributed by atoms with Crippen molar-refractivity contribution in [1.82, 2.24) is 0 Å². The van der Waals surface area contributed by atoms with Crippen LogP contribution in [0.2, 0.25) is 0 Å². The maximum absolute atomic E-state index is 9.30. The summed E-state index contributed by atoms with van der Waals surface area (Å²) in [5, 5.41) is 18.6. The van der Waals surface area contributed by atoms with Crippen molar-refractivity contribution in [3.05, 3.63) is 59.7 Å². The number of phenols is 2. The third-order valence-electron chi connectivity index (χ3n) is 3.38. The molecule has 2 aromatic carbocycles. The van der Waals surface area contributed by atoms with Gasteiger partial charge in [-0.3, -0.25) is 0 Å². The van der Waals surface area contributed by atoms with Gasteiger partial charge in [0.1, 0.15) is 11.5 Å². The molecule has 0 aromatic heterocycles. The Morgan fingerprint density at radius 1 is 0.762 bits per heavy atom. The van der Waals surface area contributed by atoms with E-state index in [1.807, 2.05) is 24.3 Å². The minimum atomic E-state index is -0.151. The van der Waals surface area contributed by atoms with Crippen LogP contribution in [-0.2, 0) is 10.2 Å². The first-order valence-electron chi connectivity index (χ1n) is 6.67. The monoisotopic (exact) mass is 400 g/mol. The molecule has 114 valence electrons. The second-order valence-electron chi connectivity index (χ2n) is 5.33. The van der Waals surface area contributed by atoms with E-state index in [4.69, 9.17) is 0 Å². The van der Waals surface area contributed by atoms with Gasteiger partial charge in [-0.15, -0.1) is 24.0 Å². The van der Waals surface area contributed by atoms with Crippen molar-refractivity contribution >= 4 is 24.0 Å². The molecule has 0 amide bonds. The van der Waals surface area contributed by atoms with Crippen LogP contribution in [-0.4, -0.2) is 23.4 Å². The molecule has 3 nitrogen and oxygen atoms in total. The zero-order valence-corrected chi connectivity index (χ0v) is 14.6. The number of aromatic hydroxyl groups is 2. The quantitative estimate of drug-likeness (QED) is 0.591. The lowest BCUT2D eigenvalue weighted by Crippen LogP contribution is -2.18. The molecule has 1 heterocycles. The maximum Gasteiger partial charge on any atom is 0.115 e. The fourth-order valence-corrected chi connectivity index (χ4v) is 1.92. The van der Waals surface area contributed by atoms with Crippen LogP contribution in [0.5, 0.6) is 11.5 Å². The van der Waals surface area contributed by atoms with Crippen molar-refractivity contribution in [1.29, 1.82) is 0 Å². The minimum absolute atomic E-state index is 0. The van der Waals surface area contributed by atoms with Gasteiger partial charge in [0.05, 0.1) is 13.2 Å². The number of ether oxygens (including phenoxy) is 1. The van der Waals surface area contributed by atoms with Crippen LogP contribution < -0.4 is 0 Å². The standard InChI is InChI=1S/C15H16O2.C2H4O.HI/c1-15(2,11-3-7-13(16)8-4-11)12-5-9-14(17)10-6-12;1-2-3-1;/h3-10,16-17H,1-2H3;1-2H2;1H.